The number of rotatable bonds is 5. The van der Waals surface area contributed by atoms with Crippen LogP contribution in [0.5, 0.6) is 0 Å². The van der Waals surface area contributed by atoms with E-state index in [2.05, 4.69) is 0 Å². The summed E-state index contributed by atoms with van der Waals surface area (Å²) in [5.41, 5.74) is -0.519. The summed E-state index contributed by atoms with van der Waals surface area (Å²) in [6.07, 6.45) is -3.49. The molecule has 0 amide bonds. The number of alkyl halides is 3. The second-order valence-corrected chi connectivity index (χ2v) is 6.44. The van der Waals surface area contributed by atoms with Gasteiger partial charge in [-0.3, -0.25) is 0 Å². The van der Waals surface area contributed by atoms with Crippen molar-refractivity contribution in [1.29, 1.82) is 0 Å². The maximum Gasteiger partial charge on any atom is 0.406 e. The van der Waals surface area contributed by atoms with E-state index < -0.39 is 38.3 Å². The molecule has 20 heavy (non-hydrogen) atoms. The van der Waals surface area contributed by atoms with Crippen LogP contribution in [0.15, 0.2) is 17.2 Å². The number of aromatic nitrogens is 1. The van der Waals surface area contributed by atoms with Crippen LogP contribution in [0.4, 0.5) is 13.2 Å². The summed E-state index contributed by atoms with van der Waals surface area (Å²) < 4.78 is 64.5. The molecule has 0 spiro atoms. The molecule has 114 valence electrons. The Balaban J connectivity index is 3.19. The zero-order valence-electron chi connectivity index (χ0n) is 10.3. The minimum Gasteiger partial charge on any atom is -0.461 e. The lowest BCUT2D eigenvalue weighted by Crippen LogP contribution is -2.21. The topological polar surface area (TPSA) is 65.4 Å². The Kier molecular flexibility index (Phi) is 5.09. The number of ether oxygens (including phenoxy) is 1. The molecule has 0 N–H and O–H groups in total. The fourth-order valence-corrected chi connectivity index (χ4v) is 2.14. The van der Waals surface area contributed by atoms with Gasteiger partial charge in [0.05, 0.1) is 6.61 Å². The Morgan fingerprint density at radius 1 is 1.45 bits per heavy atom. The Morgan fingerprint density at radius 2 is 2.05 bits per heavy atom. The molecular weight excluding hydrogens is 323 g/mol. The third-order valence-electron chi connectivity index (χ3n) is 2.15. The Labute approximate surface area is 117 Å². The number of hydrogen-bond acceptors (Lipinski definition) is 4. The molecule has 0 unspecified atom stereocenters. The largest absolute Gasteiger partial charge is 0.461 e. The van der Waals surface area contributed by atoms with E-state index in [4.69, 9.17) is 15.4 Å². The maximum absolute atomic E-state index is 12.4. The van der Waals surface area contributed by atoms with E-state index in [0.717, 1.165) is 6.07 Å². The van der Waals surface area contributed by atoms with Crippen molar-refractivity contribution in [3.63, 3.8) is 0 Å². The van der Waals surface area contributed by atoms with E-state index in [9.17, 15) is 26.4 Å². The average molecular weight is 334 g/mol. The van der Waals surface area contributed by atoms with Gasteiger partial charge < -0.3 is 9.30 Å². The number of nitrogens with zero attached hydrogens (tertiary/aromatic N) is 1. The fourth-order valence-electron chi connectivity index (χ4n) is 1.38. The lowest BCUT2D eigenvalue weighted by atomic mass is 10.4. The molecule has 10 heteroatoms. The summed E-state index contributed by atoms with van der Waals surface area (Å²) in [5, 5.41) is 0. The molecule has 1 aromatic heterocycles. The molecule has 1 rings (SSSR count). The Bertz CT molecular complexity index is 594. The molecule has 0 aromatic carbocycles. The molecule has 0 fully saturated rings. The van der Waals surface area contributed by atoms with E-state index in [0.29, 0.717) is 17.2 Å². The van der Waals surface area contributed by atoms with E-state index in [1.54, 1.807) is 6.92 Å². The van der Waals surface area contributed by atoms with Crippen molar-refractivity contribution in [2.24, 2.45) is 0 Å². The van der Waals surface area contributed by atoms with Crippen molar-refractivity contribution in [3.8, 4) is 0 Å². The number of carbonyl (C=O) groups is 1. The molecule has 0 saturated carbocycles. The standard InChI is InChI=1S/C10H11ClF3NO4S/c1-2-3-19-9(16)8-4-7(20(11,17)18)5-15(8)6-10(12,13)14/h4-5H,2-3,6H2,1H3. The van der Waals surface area contributed by atoms with Gasteiger partial charge in [0.2, 0.25) is 0 Å². The van der Waals surface area contributed by atoms with E-state index in [-0.39, 0.29) is 6.61 Å². The maximum atomic E-state index is 12.4. The quantitative estimate of drug-likeness (QED) is 0.613. The van der Waals surface area contributed by atoms with Crippen molar-refractivity contribution in [2.45, 2.75) is 31.0 Å². The molecule has 0 bridgehead atoms. The summed E-state index contributed by atoms with van der Waals surface area (Å²) in [6.45, 7) is 0.200. The van der Waals surface area contributed by atoms with E-state index in [1.165, 1.54) is 0 Å². The first-order chi connectivity index (χ1) is 9.04. The van der Waals surface area contributed by atoms with Gasteiger partial charge in [-0.25, -0.2) is 13.2 Å². The van der Waals surface area contributed by atoms with Crippen LogP contribution in [0.25, 0.3) is 0 Å². The van der Waals surface area contributed by atoms with Gasteiger partial charge in [0.1, 0.15) is 17.1 Å². The molecule has 0 aliphatic rings. The molecule has 1 heterocycles. The van der Waals surface area contributed by atoms with Crippen LogP contribution in [0.1, 0.15) is 23.8 Å². The number of halogens is 4. The zero-order chi connectivity index (χ0) is 15.6. The van der Waals surface area contributed by atoms with E-state index >= 15 is 0 Å². The highest BCUT2D eigenvalue weighted by Gasteiger charge is 2.31. The summed E-state index contributed by atoms with van der Waals surface area (Å²) in [4.78, 5) is 11.0. The fraction of sp³-hybridized carbons (Fsp3) is 0.500. The summed E-state index contributed by atoms with van der Waals surface area (Å²) >= 11 is 0. The molecule has 0 saturated heterocycles. The highest BCUT2D eigenvalue weighted by Crippen LogP contribution is 2.24. The number of esters is 1. The second kappa shape index (κ2) is 6.04. The van der Waals surface area contributed by atoms with Crippen LogP contribution in [0, 0.1) is 0 Å². The van der Waals surface area contributed by atoms with Gasteiger partial charge in [0, 0.05) is 16.9 Å². The third-order valence-corrected chi connectivity index (χ3v) is 3.47. The predicted octanol–water partition coefficient (Wildman–Crippen LogP) is 2.54. The lowest BCUT2D eigenvalue weighted by Gasteiger charge is -2.11. The molecule has 0 aliphatic heterocycles. The van der Waals surface area contributed by atoms with Crippen LogP contribution >= 0.6 is 10.7 Å². The molecule has 0 radical (unpaired) electrons. The Hall–Kier alpha value is -1.22. The number of hydrogen-bond donors (Lipinski definition) is 0. The van der Waals surface area contributed by atoms with Gasteiger partial charge in [-0.2, -0.15) is 13.2 Å². The van der Waals surface area contributed by atoms with Gasteiger partial charge in [-0.05, 0) is 12.5 Å². The normalized spacial score (nSPS) is 12.4. The molecule has 0 atom stereocenters. The summed E-state index contributed by atoms with van der Waals surface area (Å²) in [7, 11) is 0.812. The van der Waals surface area contributed by atoms with Crippen LogP contribution in [0.3, 0.4) is 0 Å². The van der Waals surface area contributed by atoms with Gasteiger partial charge in [0.15, 0.2) is 0 Å². The van der Waals surface area contributed by atoms with Gasteiger partial charge in [0.25, 0.3) is 9.05 Å². The van der Waals surface area contributed by atoms with Crippen LogP contribution < -0.4 is 0 Å². The number of carbonyl (C=O) groups excluding carboxylic acids is 1. The van der Waals surface area contributed by atoms with Crippen molar-refractivity contribution < 1.29 is 31.1 Å². The molecular formula is C10H11ClF3NO4S. The molecule has 0 aliphatic carbocycles. The van der Waals surface area contributed by atoms with Crippen LogP contribution in [0.2, 0.25) is 0 Å². The highest BCUT2D eigenvalue weighted by atomic mass is 35.7. The van der Waals surface area contributed by atoms with Crippen molar-refractivity contribution in [3.05, 3.63) is 18.0 Å². The van der Waals surface area contributed by atoms with Crippen LogP contribution in [-0.4, -0.2) is 31.7 Å². The first-order valence-electron chi connectivity index (χ1n) is 5.43. The van der Waals surface area contributed by atoms with Gasteiger partial charge >= 0.3 is 12.1 Å². The molecule has 5 nitrogen and oxygen atoms in total. The van der Waals surface area contributed by atoms with Gasteiger partial charge in [-0.1, -0.05) is 6.92 Å². The van der Waals surface area contributed by atoms with Crippen molar-refractivity contribution in [1.82, 2.24) is 4.57 Å². The predicted molar refractivity (Wildman–Crippen MR) is 64.1 cm³/mol. The zero-order valence-corrected chi connectivity index (χ0v) is 11.8. The minimum atomic E-state index is -4.62. The highest BCUT2D eigenvalue weighted by molar-refractivity contribution is 8.13. The second-order valence-electron chi connectivity index (χ2n) is 3.88. The summed E-state index contributed by atoms with van der Waals surface area (Å²) in [5.74, 6) is -1.04. The first-order valence-corrected chi connectivity index (χ1v) is 7.74. The van der Waals surface area contributed by atoms with Crippen LogP contribution in [-0.2, 0) is 20.3 Å². The Morgan fingerprint density at radius 3 is 2.50 bits per heavy atom. The summed E-state index contributed by atoms with van der Waals surface area (Å²) in [6, 6.07) is 0.756. The van der Waals surface area contributed by atoms with Gasteiger partial charge in [-0.15, -0.1) is 0 Å². The third kappa shape index (κ3) is 4.71. The van der Waals surface area contributed by atoms with Crippen molar-refractivity contribution in [2.75, 3.05) is 6.61 Å². The average Bonchev–Trinajstić information content (AvgIpc) is 2.67. The van der Waals surface area contributed by atoms with Crippen molar-refractivity contribution >= 4 is 25.7 Å². The SMILES string of the molecule is CCCOC(=O)c1cc(S(=O)(=O)Cl)cn1CC(F)(F)F. The minimum absolute atomic E-state index is 0.0129. The smallest absolute Gasteiger partial charge is 0.406 e. The monoisotopic (exact) mass is 333 g/mol. The molecule has 1 aromatic rings. The lowest BCUT2D eigenvalue weighted by molar-refractivity contribution is -0.140. The first kappa shape index (κ1) is 16.8. The van der Waals surface area contributed by atoms with E-state index in [1.807, 2.05) is 0 Å².